The maximum absolute atomic E-state index is 13.3. The van der Waals surface area contributed by atoms with E-state index in [0.717, 1.165) is 35.1 Å². The van der Waals surface area contributed by atoms with Gasteiger partial charge < -0.3 is 20.1 Å². The summed E-state index contributed by atoms with van der Waals surface area (Å²) in [7, 11) is 0. The lowest BCUT2D eigenvalue weighted by atomic mass is 9.96. The van der Waals surface area contributed by atoms with E-state index in [1.807, 2.05) is 6.92 Å². The van der Waals surface area contributed by atoms with Crippen LogP contribution in [-0.2, 0) is 17.6 Å². The molecule has 4 rings (SSSR count). The first-order valence-corrected chi connectivity index (χ1v) is 12.1. The fourth-order valence-electron chi connectivity index (χ4n) is 4.04. The molecule has 0 saturated heterocycles. The molecule has 4 aromatic carbocycles. The zero-order valence-electron chi connectivity index (χ0n) is 20.8. The number of rotatable bonds is 7. The second kappa shape index (κ2) is 13.9. The molecule has 0 aliphatic rings. The van der Waals surface area contributed by atoms with E-state index < -0.39 is 0 Å². The molecule has 6 heteroatoms. The van der Waals surface area contributed by atoms with Gasteiger partial charge in [0.25, 0.3) is 0 Å². The van der Waals surface area contributed by atoms with Gasteiger partial charge in [0.05, 0.1) is 0 Å². The Morgan fingerprint density at radius 1 is 0.711 bits per heavy atom. The maximum atomic E-state index is 13.3. The molecule has 4 nitrogen and oxygen atoms in total. The van der Waals surface area contributed by atoms with Gasteiger partial charge >= 0.3 is 0 Å². The van der Waals surface area contributed by atoms with Gasteiger partial charge in [-0.15, -0.1) is 0 Å². The van der Waals surface area contributed by atoms with Gasteiger partial charge in [0, 0.05) is 6.42 Å². The third kappa shape index (κ3) is 8.17. The van der Waals surface area contributed by atoms with Gasteiger partial charge in [-0.2, -0.15) is 0 Å². The third-order valence-corrected chi connectivity index (χ3v) is 5.83. The minimum Gasteiger partial charge on any atom is -0.508 e. The number of hydrogen-bond donors (Lipinski definition) is 3. The Hall–Kier alpha value is -4.19. The van der Waals surface area contributed by atoms with Gasteiger partial charge in [-0.1, -0.05) is 51.1 Å². The summed E-state index contributed by atoms with van der Waals surface area (Å²) in [4.78, 5) is 11.1. The first kappa shape index (κ1) is 30.0. The summed E-state index contributed by atoms with van der Waals surface area (Å²) in [5.74, 6) is -0.724. The third-order valence-electron chi connectivity index (χ3n) is 5.83. The highest BCUT2D eigenvalue weighted by molar-refractivity contribution is 5.77. The normalized spacial score (nSPS) is 10.2. The zero-order chi connectivity index (χ0) is 26.9. The summed E-state index contributed by atoms with van der Waals surface area (Å²) in [6, 6.07) is 20.4. The molecule has 0 aliphatic carbocycles. The number of Topliss-reactive ketones (excluding diaryl/α,β-unsaturated/α-hetero) is 1. The fourth-order valence-corrected chi connectivity index (χ4v) is 4.04. The van der Waals surface area contributed by atoms with Crippen molar-refractivity contribution >= 4 is 5.78 Å². The lowest BCUT2D eigenvalue weighted by Crippen LogP contribution is -1.96. The standard InChI is InChI=1S/C16H15FO2.C15H15FO2.CH4/c1-11(18)5-6-12-7-8-15(19)10-16(12)13-3-2-4-14(17)9-13;1-2-4-10-8-14(17)15(18)9-13(10)11-5-3-6-12(16)7-11;/h2-4,7-10,19H,5-6H2,1H3;3,5-9,17-18H,2,4H2,1H3;1H4. The Labute approximate surface area is 222 Å². The van der Waals surface area contributed by atoms with Gasteiger partial charge in [0.2, 0.25) is 0 Å². The molecule has 0 atom stereocenters. The van der Waals surface area contributed by atoms with Crippen LogP contribution < -0.4 is 0 Å². The highest BCUT2D eigenvalue weighted by Crippen LogP contribution is 2.35. The average molecular weight is 521 g/mol. The predicted molar refractivity (Wildman–Crippen MR) is 148 cm³/mol. The second-order valence-electron chi connectivity index (χ2n) is 8.81. The van der Waals surface area contributed by atoms with Crippen LogP contribution in [0.5, 0.6) is 17.2 Å². The van der Waals surface area contributed by atoms with Crippen molar-refractivity contribution in [3.63, 3.8) is 0 Å². The van der Waals surface area contributed by atoms with E-state index in [4.69, 9.17) is 0 Å². The summed E-state index contributed by atoms with van der Waals surface area (Å²) in [5.41, 5.74) is 4.76. The van der Waals surface area contributed by atoms with E-state index in [0.29, 0.717) is 24.0 Å². The molecule has 0 spiro atoms. The SMILES string of the molecule is C.CC(=O)CCc1ccc(O)cc1-c1cccc(F)c1.CCCc1cc(O)c(O)cc1-c1cccc(F)c1. The van der Waals surface area contributed by atoms with E-state index in [2.05, 4.69) is 0 Å². The predicted octanol–water partition coefficient (Wildman–Crippen LogP) is 8.21. The Morgan fingerprint density at radius 3 is 1.79 bits per heavy atom. The van der Waals surface area contributed by atoms with Gasteiger partial charge in [-0.3, -0.25) is 0 Å². The Balaban J connectivity index is 0.000000260. The molecule has 0 aliphatic heterocycles. The molecule has 0 heterocycles. The number of aryl methyl sites for hydroxylation is 2. The maximum Gasteiger partial charge on any atom is 0.158 e. The molecular weight excluding hydrogens is 486 g/mol. The molecule has 0 saturated carbocycles. The van der Waals surface area contributed by atoms with Crippen molar-refractivity contribution in [3.8, 4) is 39.5 Å². The molecule has 0 unspecified atom stereocenters. The fraction of sp³-hybridized carbons (Fsp3) is 0.219. The van der Waals surface area contributed by atoms with Gasteiger partial charge in [-0.25, -0.2) is 8.78 Å². The largest absolute Gasteiger partial charge is 0.508 e. The van der Waals surface area contributed by atoms with Crippen molar-refractivity contribution in [1.82, 2.24) is 0 Å². The van der Waals surface area contributed by atoms with Crippen LogP contribution in [0.2, 0.25) is 0 Å². The molecule has 4 aromatic rings. The number of phenolic OH excluding ortho intramolecular Hbond substituents is 3. The van der Waals surface area contributed by atoms with E-state index in [1.54, 1.807) is 55.5 Å². The number of carbonyl (C=O) groups is 1. The van der Waals surface area contributed by atoms with Crippen LogP contribution in [0, 0.1) is 11.6 Å². The van der Waals surface area contributed by atoms with Crippen LogP contribution in [0.3, 0.4) is 0 Å². The minimum absolute atomic E-state index is 0. The number of halogens is 2. The Morgan fingerprint density at radius 2 is 1.26 bits per heavy atom. The van der Waals surface area contributed by atoms with Crippen LogP contribution in [-0.4, -0.2) is 21.1 Å². The molecule has 0 radical (unpaired) electrons. The highest BCUT2D eigenvalue weighted by atomic mass is 19.1. The van der Waals surface area contributed by atoms with Crippen molar-refractivity contribution in [1.29, 1.82) is 0 Å². The molecule has 0 bridgehead atoms. The number of ketones is 1. The summed E-state index contributed by atoms with van der Waals surface area (Å²) >= 11 is 0. The number of hydrogen-bond acceptors (Lipinski definition) is 4. The van der Waals surface area contributed by atoms with Crippen LogP contribution in [0.25, 0.3) is 22.3 Å². The lowest BCUT2D eigenvalue weighted by Gasteiger charge is -2.11. The van der Waals surface area contributed by atoms with Crippen LogP contribution in [0.15, 0.2) is 78.9 Å². The number of aromatic hydroxyl groups is 3. The quantitative estimate of drug-likeness (QED) is 0.215. The Bertz CT molecular complexity index is 1380. The summed E-state index contributed by atoms with van der Waals surface area (Å²) in [6.45, 7) is 3.57. The van der Waals surface area contributed by atoms with Crippen molar-refractivity contribution in [2.24, 2.45) is 0 Å². The molecule has 200 valence electrons. The first-order valence-electron chi connectivity index (χ1n) is 12.1. The van der Waals surface area contributed by atoms with E-state index in [-0.39, 0.29) is 42.1 Å². The van der Waals surface area contributed by atoms with E-state index >= 15 is 0 Å². The smallest absolute Gasteiger partial charge is 0.158 e. The number of benzene rings is 4. The van der Waals surface area contributed by atoms with Gasteiger partial charge in [0.1, 0.15) is 23.2 Å². The van der Waals surface area contributed by atoms with Crippen molar-refractivity contribution < 1.29 is 28.9 Å². The average Bonchev–Trinajstić information content (AvgIpc) is 2.86. The molecule has 0 aromatic heterocycles. The van der Waals surface area contributed by atoms with Gasteiger partial charge in [-0.05, 0) is 102 Å². The van der Waals surface area contributed by atoms with Gasteiger partial charge in [0.15, 0.2) is 11.5 Å². The van der Waals surface area contributed by atoms with Crippen molar-refractivity contribution in [2.45, 2.75) is 47.0 Å². The molecule has 0 fully saturated rings. The van der Waals surface area contributed by atoms with Crippen LogP contribution in [0.1, 0.15) is 45.2 Å². The van der Waals surface area contributed by atoms with Crippen LogP contribution in [0.4, 0.5) is 8.78 Å². The summed E-state index contributed by atoms with van der Waals surface area (Å²) in [6.07, 6.45) is 2.70. The van der Waals surface area contributed by atoms with Crippen molar-refractivity contribution in [2.75, 3.05) is 0 Å². The second-order valence-corrected chi connectivity index (χ2v) is 8.81. The van der Waals surface area contributed by atoms with E-state index in [9.17, 15) is 28.9 Å². The first-order chi connectivity index (χ1) is 17.7. The molecule has 38 heavy (non-hydrogen) atoms. The summed E-state index contributed by atoms with van der Waals surface area (Å²) in [5, 5.41) is 28.7. The minimum atomic E-state index is -0.321. The lowest BCUT2D eigenvalue weighted by molar-refractivity contribution is -0.116. The topological polar surface area (TPSA) is 77.8 Å². The number of phenols is 3. The monoisotopic (exact) mass is 520 g/mol. The highest BCUT2D eigenvalue weighted by Gasteiger charge is 2.11. The molecule has 3 N–H and O–H groups in total. The van der Waals surface area contributed by atoms with Crippen LogP contribution >= 0.6 is 0 Å². The molecular formula is C32H34F2O4. The number of carbonyl (C=O) groups excluding carboxylic acids is 1. The van der Waals surface area contributed by atoms with Crippen molar-refractivity contribution in [3.05, 3.63) is 102 Å². The zero-order valence-corrected chi connectivity index (χ0v) is 20.8. The molecule has 0 amide bonds. The van der Waals surface area contributed by atoms with E-state index in [1.165, 1.54) is 30.3 Å². The summed E-state index contributed by atoms with van der Waals surface area (Å²) < 4.78 is 26.5. The Kier molecular flexibility index (Phi) is 11.0.